The monoisotopic (exact) mass is 180 g/mol. The molecule has 3 N–H and O–H groups in total. The Labute approximate surface area is 78.3 Å². The first-order valence-electron chi connectivity index (χ1n) is 4.60. The highest BCUT2D eigenvalue weighted by molar-refractivity contribution is 5.79. The van der Waals surface area contributed by atoms with E-state index in [0.717, 1.165) is 37.5 Å². The maximum absolute atomic E-state index is 5.56. The molecule has 13 heavy (non-hydrogen) atoms. The second kappa shape index (κ2) is 5.35. The Bertz CT molecular complexity index is 251. The lowest BCUT2D eigenvalue weighted by Crippen LogP contribution is -2.10. The molecule has 0 aliphatic heterocycles. The lowest BCUT2D eigenvalue weighted by atomic mass is 10.3. The minimum atomic E-state index is 0.736. The zero-order valence-corrected chi connectivity index (χ0v) is 7.95. The second-order valence-electron chi connectivity index (χ2n) is 2.87. The number of aliphatic imine (C=N–C) groups is 1. The smallest absolute Gasteiger partial charge is 0.106 e. The maximum atomic E-state index is 5.56. The zero-order chi connectivity index (χ0) is 9.52. The van der Waals surface area contributed by atoms with Crippen LogP contribution >= 0.6 is 0 Å². The van der Waals surface area contributed by atoms with Crippen LogP contribution in [0, 0.1) is 0 Å². The Kier molecular flexibility index (Phi) is 4.02. The van der Waals surface area contributed by atoms with Gasteiger partial charge in [-0.3, -0.25) is 4.99 Å². The maximum Gasteiger partial charge on any atom is 0.106 e. The number of amidine groups is 1. The number of H-pyrrole nitrogens is 1. The third-order valence-electron chi connectivity index (χ3n) is 1.80. The van der Waals surface area contributed by atoms with E-state index in [4.69, 9.17) is 5.73 Å². The summed E-state index contributed by atoms with van der Waals surface area (Å²) in [5.74, 6) is 1.75. The van der Waals surface area contributed by atoms with Gasteiger partial charge in [0, 0.05) is 31.8 Å². The van der Waals surface area contributed by atoms with Gasteiger partial charge in [0.05, 0.1) is 5.84 Å². The Balaban J connectivity index is 2.15. The second-order valence-corrected chi connectivity index (χ2v) is 2.87. The van der Waals surface area contributed by atoms with Crippen LogP contribution in [0.1, 0.15) is 25.6 Å². The third-order valence-corrected chi connectivity index (χ3v) is 1.80. The van der Waals surface area contributed by atoms with Crippen molar-refractivity contribution < 1.29 is 0 Å². The minimum absolute atomic E-state index is 0.736. The SMILES string of the molecule is CCC(N)=NCCCc1ncc[nH]1. The molecular weight excluding hydrogens is 164 g/mol. The summed E-state index contributed by atoms with van der Waals surface area (Å²) in [7, 11) is 0. The lowest BCUT2D eigenvalue weighted by Gasteiger charge is -1.96. The van der Waals surface area contributed by atoms with Gasteiger partial charge in [-0.2, -0.15) is 0 Å². The van der Waals surface area contributed by atoms with Crippen molar-refractivity contribution in [3.63, 3.8) is 0 Å². The molecule has 1 aromatic rings. The highest BCUT2D eigenvalue weighted by Crippen LogP contribution is 1.95. The Morgan fingerprint density at radius 3 is 3.15 bits per heavy atom. The summed E-state index contributed by atoms with van der Waals surface area (Å²) < 4.78 is 0. The van der Waals surface area contributed by atoms with Crippen LogP contribution in [-0.4, -0.2) is 22.3 Å². The molecule has 1 heterocycles. The molecule has 0 unspecified atom stereocenters. The number of aromatic amines is 1. The van der Waals surface area contributed by atoms with E-state index < -0.39 is 0 Å². The van der Waals surface area contributed by atoms with Crippen molar-refractivity contribution in [3.8, 4) is 0 Å². The van der Waals surface area contributed by atoms with Gasteiger partial charge in [0.1, 0.15) is 5.82 Å². The van der Waals surface area contributed by atoms with E-state index in [1.54, 1.807) is 6.20 Å². The van der Waals surface area contributed by atoms with Gasteiger partial charge in [0.2, 0.25) is 0 Å². The number of nitrogens with zero attached hydrogens (tertiary/aromatic N) is 2. The van der Waals surface area contributed by atoms with Gasteiger partial charge >= 0.3 is 0 Å². The molecule has 0 aliphatic rings. The molecule has 0 radical (unpaired) electrons. The molecule has 0 spiro atoms. The summed E-state index contributed by atoms with van der Waals surface area (Å²) >= 11 is 0. The van der Waals surface area contributed by atoms with E-state index in [0.29, 0.717) is 0 Å². The fraction of sp³-hybridized carbons (Fsp3) is 0.556. The highest BCUT2D eigenvalue weighted by Gasteiger charge is 1.93. The topological polar surface area (TPSA) is 67.1 Å². The molecule has 4 heteroatoms. The molecule has 0 saturated carbocycles. The Hall–Kier alpha value is -1.32. The molecule has 72 valence electrons. The van der Waals surface area contributed by atoms with E-state index in [9.17, 15) is 0 Å². The molecule has 0 bridgehead atoms. The van der Waals surface area contributed by atoms with Gasteiger partial charge in [-0.25, -0.2) is 4.98 Å². The van der Waals surface area contributed by atoms with Gasteiger partial charge in [-0.1, -0.05) is 6.92 Å². The molecule has 0 fully saturated rings. The first-order valence-corrected chi connectivity index (χ1v) is 4.60. The van der Waals surface area contributed by atoms with Crippen LogP contribution in [-0.2, 0) is 6.42 Å². The molecule has 0 aliphatic carbocycles. The molecule has 0 atom stereocenters. The number of hydrogen-bond acceptors (Lipinski definition) is 2. The predicted octanol–water partition coefficient (Wildman–Crippen LogP) is 1.11. The first kappa shape index (κ1) is 9.77. The number of aryl methyl sites for hydroxylation is 1. The van der Waals surface area contributed by atoms with Gasteiger partial charge in [-0.15, -0.1) is 0 Å². The van der Waals surface area contributed by atoms with Crippen LogP contribution in [0.5, 0.6) is 0 Å². The number of aromatic nitrogens is 2. The Morgan fingerprint density at radius 2 is 2.54 bits per heavy atom. The van der Waals surface area contributed by atoms with Gasteiger partial charge < -0.3 is 10.7 Å². The molecule has 4 nitrogen and oxygen atoms in total. The molecule has 1 rings (SSSR count). The number of imidazole rings is 1. The lowest BCUT2D eigenvalue weighted by molar-refractivity contribution is 0.792. The van der Waals surface area contributed by atoms with E-state index in [-0.39, 0.29) is 0 Å². The number of hydrogen-bond donors (Lipinski definition) is 2. The quantitative estimate of drug-likeness (QED) is 0.405. The summed E-state index contributed by atoms with van der Waals surface area (Å²) in [6.45, 7) is 2.80. The average Bonchev–Trinajstić information content (AvgIpc) is 2.64. The standard InChI is InChI=1S/C9H16N4/c1-2-8(10)11-5-3-4-9-12-6-7-13-9/h6-7H,2-5H2,1H3,(H2,10,11)(H,12,13). The third kappa shape index (κ3) is 3.73. The minimum Gasteiger partial charge on any atom is -0.387 e. The fourth-order valence-corrected chi connectivity index (χ4v) is 1.02. The number of nitrogens with one attached hydrogen (secondary N) is 1. The number of nitrogens with two attached hydrogens (primary N) is 1. The van der Waals surface area contributed by atoms with Crippen molar-refractivity contribution >= 4 is 5.84 Å². The van der Waals surface area contributed by atoms with Gasteiger partial charge in [0.15, 0.2) is 0 Å². The summed E-state index contributed by atoms with van der Waals surface area (Å²) in [5.41, 5.74) is 5.56. The number of rotatable bonds is 5. The van der Waals surface area contributed by atoms with Crippen LogP contribution in [0.2, 0.25) is 0 Å². The predicted molar refractivity (Wildman–Crippen MR) is 53.7 cm³/mol. The van der Waals surface area contributed by atoms with Gasteiger partial charge in [-0.05, 0) is 6.42 Å². The largest absolute Gasteiger partial charge is 0.387 e. The molecule has 0 amide bonds. The van der Waals surface area contributed by atoms with Crippen LogP contribution in [0.4, 0.5) is 0 Å². The molecule has 0 saturated heterocycles. The first-order chi connectivity index (χ1) is 6.33. The summed E-state index contributed by atoms with van der Waals surface area (Å²) in [5, 5.41) is 0. The summed E-state index contributed by atoms with van der Waals surface area (Å²) in [6.07, 6.45) is 6.36. The van der Waals surface area contributed by atoms with Crippen molar-refractivity contribution in [1.82, 2.24) is 9.97 Å². The van der Waals surface area contributed by atoms with Crippen LogP contribution in [0.3, 0.4) is 0 Å². The van der Waals surface area contributed by atoms with E-state index >= 15 is 0 Å². The van der Waals surface area contributed by atoms with Crippen LogP contribution in [0.25, 0.3) is 0 Å². The van der Waals surface area contributed by atoms with Crippen LogP contribution in [0.15, 0.2) is 17.4 Å². The van der Waals surface area contributed by atoms with Crippen molar-refractivity contribution in [2.75, 3.05) is 6.54 Å². The van der Waals surface area contributed by atoms with Crippen LogP contribution < -0.4 is 5.73 Å². The van der Waals surface area contributed by atoms with E-state index in [1.807, 2.05) is 13.1 Å². The molecular formula is C9H16N4. The highest BCUT2D eigenvalue weighted by atomic mass is 14.9. The van der Waals surface area contributed by atoms with E-state index in [1.165, 1.54) is 0 Å². The van der Waals surface area contributed by atoms with Crippen molar-refractivity contribution in [3.05, 3.63) is 18.2 Å². The summed E-state index contributed by atoms with van der Waals surface area (Å²) in [4.78, 5) is 11.4. The average molecular weight is 180 g/mol. The summed E-state index contributed by atoms with van der Waals surface area (Å²) in [6, 6.07) is 0. The zero-order valence-electron chi connectivity index (χ0n) is 7.95. The molecule has 1 aromatic heterocycles. The van der Waals surface area contributed by atoms with Crippen molar-refractivity contribution in [1.29, 1.82) is 0 Å². The van der Waals surface area contributed by atoms with Gasteiger partial charge in [0.25, 0.3) is 0 Å². The normalized spacial score (nSPS) is 11.9. The molecule has 0 aromatic carbocycles. The fourth-order valence-electron chi connectivity index (χ4n) is 1.02. The Morgan fingerprint density at radius 1 is 1.69 bits per heavy atom. The van der Waals surface area contributed by atoms with E-state index in [2.05, 4.69) is 15.0 Å². The van der Waals surface area contributed by atoms with Crippen molar-refractivity contribution in [2.45, 2.75) is 26.2 Å². The van der Waals surface area contributed by atoms with Crippen molar-refractivity contribution in [2.24, 2.45) is 10.7 Å².